The van der Waals surface area contributed by atoms with E-state index in [0.29, 0.717) is 32.7 Å². The molecular weight excluding hydrogens is 357 g/mol. The predicted molar refractivity (Wildman–Crippen MR) is 92.2 cm³/mol. The fourth-order valence-electron chi connectivity index (χ4n) is 2.66. The van der Waals surface area contributed by atoms with Crippen LogP contribution in [-0.4, -0.2) is 69.2 Å². The number of likely N-dealkylation sites (N-methyl/N-ethyl adjacent to an activating group) is 1. The van der Waals surface area contributed by atoms with Gasteiger partial charge in [-0.25, -0.2) is 4.79 Å². The molecule has 0 aliphatic carbocycles. The summed E-state index contributed by atoms with van der Waals surface area (Å²) in [4.78, 5) is 17.3. The van der Waals surface area contributed by atoms with Crippen LogP contribution in [0.5, 0.6) is 0 Å². The Kier molecular flexibility index (Phi) is 6.40. The van der Waals surface area contributed by atoms with Crippen molar-refractivity contribution in [3.63, 3.8) is 0 Å². The third kappa shape index (κ3) is 5.40. The second-order valence-electron chi connectivity index (χ2n) is 6.17. The first-order chi connectivity index (χ1) is 11.7. The highest BCUT2D eigenvalue weighted by atomic mass is 35.5. The van der Waals surface area contributed by atoms with Gasteiger partial charge in [0.2, 0.25) is 0 Å². The lowest BCUT2D eigenvalue weighted by Gasteiger charge is -2.37. The average molecular weight is 379 g/mol. The second kappa shape index (κ2) is 8.14. The van der Waals surface area contributed by atoms with Gasteiger partial charge < -0.3 is 20.0 Å². The SMILES string of the molecule is CN(C)CCNC(=O)N1CCN(c2ccc(Cl)cc2C(F)(F)F)CC1. The van der Waals surface area contributed by atoms with Gasteiger partial charge in [-0.1, -0.05) is 11.6 Å². The molecule has 1 aromatic rings. The standard InChI is InChI=1S/C16H22ClF3N4O/c1-22(2)6-5-21-15(25)24-9-7-23(8-10-24)14-4-3-12(17)11-13(14)16(18,19)20/h3-4,11H,5-10H2,1-2H3,(H,21,25). The molecule has 9 heteroatoms. The highest BCUT2D eigenvalue weighted by Gasteiger charge is 2.36. The van der Waals surface area contributed by atoms with Gasteiger partial charge in [-0.05, 0) is 32.3 Å². The number of anilines is 1. The number of rotatable bonds is 4. The Hall–Kier alpha value is -1.67. The van der Waals surface area contributed by atoms with Crippen molar-refractivity contribution in [2.24, 2.45) is 0 Å². The molecule has 0 saturated carbocycles. The largest absolute Gasteiger partial charge is 0.418 e. The first-order valence-corrected chi connectivity index (χ1v) is 8.35. The van der Waals surface area contributed by atoms with E-state index in [9.17, 15) is 18.0 Å². The third-order valence-corrected chi connectivity index (χ3v) is 4.24. The number of amides is 2. The molecule has 0 spiro atoms. The zero-order chi connectivity index (χ0) is 18.6. The first kappa shape index (κ1) is 19.7. The van der Waals surface area contributed by atoms with Crippen LogP contribution in [0.4, 0.5) is 23.7 Å². The lowest BCUT2D eigenvalue weighted by atomic mass is 10.1. The molecule has 2 rings (SSSR count). The molecule has 0 atom stereocenters. The molecule has 5 nitrogen and oxygen atoms in total. The summed E-state index contributed by atoms with van der Waals surface area (Å²) in [6, 6.07) is 3.59. The van der Waals surface area contributed by atoms with Crippen LogP contribution in [0, 0.1) is 0 Å². The number of nitrogens with zero attached hydrogens (tertiary/aromatic N) is 3. The molecule has 1 aromatic carbocycles. The Morgan fingerprint density at radius 1 is 1.24 bits per heavy atom. The van der Waals surface area contributed by atoms with Crippen molar-refractivity contribution in [1.82, 2.24) is 15.1 Å². The van der Waals surface area contributed by atoms with E-state index in [-0.39, 0.29) is 16.7 Å². The van der Waals surface area contributed by atoms with E-state index >= 15 is 0 Å². The van der Waals surface area contributed by atoms with E-state index in [2.05, 4.69) is 5.32 Å². The van der Waals surface area contributed by atoms with Gasteiger partial charge >= 0.3 is 12.2 Å². The summed E-state index contributed by atoms with van der Waals surface area (Å²) in [5.74, 6) is 0. The van der Waals surface area contributed by atoms with Crippen molar-refractivity contribution in [2.45, 2.75) is 6.18 Å². The Labute approximate surface area is 150 Å². The van der Waals surface area contributed by atoms with Gasteiger partial charge in [0.1, 0.15) is 0 Å². The Balaban J connectivity index is 1.97. The van der Waals surface area contributed by atoms with Crippen LogP contribution in [0.25, 0.3) is 0 Å². The molecule has 1 aliphatic rings. The van der Waals surface area contributed by atoms with Gasteiger partial charge in [0.15, 0.2) is 0 Å². The van der Waals surface area contributed by atoms with Crippen molar-refractivity contribution in [3.05, 3.63) is 28.8 Å². The second-order valence-corrected chi connectivity index (χ2v) is 6.60. The molecule has 0 bridgehead atoms. The molecule has 140 valence electrons. The van der Waals surface area contributed by atoms with Crippen LogP contribution >= 0.6 is 11.6 Å². The van der Waals surface area contributed by atoms with Crippen molar-refractivity contribution in [3.8, 4) is 0 Å². The summed E-state index contributed by atoms with van der Waals surface area (Å²) >= 11 is 5.71. The molecule has 25 heavy (non-hydrogen) atoms. The maximum atomic E-state index is 13.2. The fraction of sp³-hybridized carbons (Fsp3) is 0.562. The molecule has 0 radical (unpaired) electrons. The molecule has 1 saturated heterocycles. The molecule has 1 fully saturated rings. The number of hydrogen-bond donors (Lipinski definition) is 1. The van der Waals surface area contributed by atoms with E-state index in [1.807, 2.05) is 19.0 Å². The number of halogens is 4. The minimum Gasteiger partial charge on any atom is -0.367 e. The number of urea groups is 1. The number of hydrogen-bond acceptors (Lipinski definition) is 3. The number of piperazine rings is 1. The molecule has 1 N–H and O–H groups in total. The molecule has 0 unspecified atom stereocenters. The van der Waals surface area contributed by atoms with Gasteiger partial charge in [-0.3, -0.25) is 0 Å². The molecule has 2 amide bonds. The van der Waals surface area contributed by atoms with Crippen molar-refractivity contribution >= 4 is 23.3 Å². The van der Waals surface area contributed by atoms with Crippen molar-refractivity contribution in [2.75, 3.05) is 58.3 Å². The summed E-state index contributed by atoms with van der Waals surface area (Å²) in [5, 5.41) is 2.86. The van der Waals surface area contributed by atoms with Gasteiger partial charge in [0.05, 0.1) is 5.56 Å². The monoisotopic (exact) mass is 378 g/mol. The number of benzene rings is 1. The highest BCUT2D eigenvalue weighted by molar-refractivity contribution is 6.30. The molecule has 1 heterocycles. The normalized spacial score (nSPS) is 15.6. The number of carbonyl (C=O) groups is 1. The van der Waals surface area contributed by atoms with Crippen LogP contribution in [0.2, 0.25) is 5.02 Å². The zero-order valence-electron chi connectivity index (χ0n) is 14.2. The van der Waals surface area contributed by atoms with Gasteiger partial charge in [-0.2, -0.15) is 13.2 Å². The zero-order valence-corrected chi connectivity index (χ0v) is 15.0. The lowest BCUT2D eigenvalue weighted by Crippen LogP contribution is -2.52. The van der Waals surface area contributed by atoms with Crippen LogP contribution < -0.4 is 10.2 Å². The van der Waals surface area contributed by atoms with Crippen LogP contribution in [0.1, 0.15) is 5.56 Å². The number of nitrogens with one attached hydrogen (secondary N) is 1. The van der Waals surface area contributed by atoms with E-state index in [1.54, 1.807) is 9.80 Å². The van der Waals surface area contributed by atoms with Crippen LogP contribution in [-0.2, 0) is 6.18 Å². The minimum atomic E-state index is -4.47. The Morgan fingerprint density at radius 3 is 2.44 bits per heavy atom. The maximum absolute atomic E-state index is 13.2. The quantitative estimate of drug-likeness (QED) is 0.875. The maximum Gasteiger partial charge on any atom is 0.418 e. The van der Waals surface area contributed by atoms with Gasteiger partial charge in [0, 0.05) is 50.0 Å². The average Bonchev–Trinajstić information content (AvgIpc) is 2.53. The first-order valence-electron chi connectivity index (χ1n) is 7.97. The summed E-state index contributed by atoms with van der Waals surface area (Å²) in [6.07, 6.45) is -4.47. The summed E-state index contributed by atoms with van der Waals surface area (Å²) in [5.41, 5.74) is -0.645. The van der Waals surface area contributed by atoms with E-state index in [0.717, 1.165) is 12.6 Å². The van der Waals surface area contributed by atoms with E-state index in [4.69, 9.17) is 11.6 Å². The van der Waals surface area contributed by atoms with Crippen LogP contribution in [0.3, 0.4) is 0 Å². The summed E-state index contributed by atoms with van der Waals surface area (Å²) in [7, 11) is 3.82. The third-order valence-electron chi connectivity index (χ3n) is 4.01. The van der Waals surface area contributed by atoms with E-state index < -0.39 is 11.7 Å². The fourth-order valence-corrected chi connectivity index (χ4v) is 2.83. The van der Waals surface area contributed by atoms with Gasteiger partial charge in [-0.15, -0.1) is 0 Å². The van der Waals surface area contributed by atoms with Gasteiger partial charge in [0.25, 0.3) is 0 Å². The molecule has 0 aromatic heterocycles. The topological polar surface area (TPSA) is 38.8 Å². The summed E-state index contributed by atoms with van der Waals surface area (Å²) < 4.78 is 39.7. The molecular formula is C16H22ClF3N4O. The Bertz CT molecular complexity index is 602. The smallest absolute Gasteiger partial charge is 0.367 e. The molecule has 1 aliphatic heterocycles. The number of carbonyl (C=O) groups excluding carboxylic acids is 1. The minimum absolute atomic E-state index is 0.0509. The van der Waals surface area contributed by atoms with Crippen molar-refractivity contribution in [1.29, 1.82) is 0 Å². The van der Waals surface area contributed by atoms with Crippen LogP contribution in [0.15, 0.2) is 18.2 Å². The lowest BCUT2D eigenvalue weighted by molar-refractivity contribution is -0.137. The summed E-state index contributed by atoms with van der Waals surface area (Å²) in [6.45, 7) is 2.67. The predicted octanol–water partition coefficient (Wildman–Crippen LogP) is 2.75. The van der Waals surface area contributed by atoms with E-state index in [1.165, 1.54) is 12.1 Å². The van der Waals surface area contributed by atoms with Crippen molar-refractivity contribution < 1.29 is 18.0 Å². The Morgan fingerprint density at radius 2 is 1.88 bits per heavy atom. The highest BCUT2D eigenvalue weighted by Crippen LogP contribution is 2.38. The number of alkyl halides is 3.